The van der Waals surface area contributed by atoms with Crippen molar-refractivity contribution in [2.24, 2.45) is 5.92 Å². The Hall–Kier alpha value is -1.32. The average Bonchev–Trinajstić information content (AvgIpc) is 2.46. The van der Waals surface area contributed by atoms with Crippen LogP contribution in [0.4, 0.5) is 0 Å². The quantitative estimate of drug-likeness (QED) is 0.912. The highest BCUT2D eigenvalue weighted by atomic mass is 32.2. The maximum Gasteiger partial charge on any atom is 0.140 e. The minimum Gasteiger partial charge on any atom is -0.388 e. The Kier molecular flexibility index (Phi) is 3.58. The number of hydrogen-bond acceptors (Lipinski definition) is 3. The number of aliphatic hydroxyl groups is 1. The van der Waals surface area contributed by atoms with Gasteiger partial charge in [0.25, 0.3) is 0 Å². The van der Waals surface area contributed by atoms with Crippen molar-refractivity contribution in [3.63, 3.8) is 0 Å². The minimum atomic E-state index is -0.689. The molecule has 2 aromatic rings. The predicted molar refractivity (Wildman–Crippen MR) is 79.3 cm³/mol. The number of aliphatic hydroxyl groups excluding tert-OH is 1. The molecule has 1 aliphatic heterocycles. The van der Waals surface area contributed by atoms with Crippen molar-refractivity contribution >= 4 is 28.3 Å². The smallest absolute Gasteiger partial charge is 0.140 e. The van der Waals surface area contributed by atoms with Gasteiger partial charge in [0.1, 0.15) is 5.78 Å². The van der Waals surface area contributed by atoms with E-state index in [9.17, 15) is 9.90 Å². The molecule has 0 aromatic heterocycles. The van der Waals surface area contributed by atoms with Gasteiger partial charge >= 0.3 is 0 Å². The van der Waals surface area contributed by atoms with Gasteiger partial charge in [0.15, 0.2) is 0 Å². The minimum absolute atomic E-state index is 0.194. The Balaban J connectivity index is 2.01. The van der Waals surface area contributed by atoms with Crippen molar-refractivity contribution in [1.29, 1.82) is 0 Å². The normalized spacial score (nSPS) is 21.5. The lowest BCUT2D eigenvalue weighted by atomic mass is 9.89. The molecule has 3 rings (SSSR count). The zero-order chi connectivity index (χ0) is 13.2. The number of thioether (sulfide) groups is 1. The maximum atomic E-state index is 12.0. The fraction of sp³-hybridized carbons (Fsp3) is 0.312. The topological polar surface area (TPSA) is 37.3 Å². The Morgan fingerprint density at radius 2 is 1.95 bits per heavy atom. The van der Waals surface area contributed by atoms with E-state index in [1.807, 2.05) is 42.5 Å². The Labute approximate surface area is 116 Å². The van der Waals surface area contributed by atoms with Crippen molar-refractivity contribution < 1.29 is 9.90 Å². The van der Waals surface area contributed by atoms with Crippen LogP contribution in [0.2, 0.25) is 0 Å². The molecule has 0 saturated carbocycles. The molecule has 1 N–H and O–H groups in total. The SMILES string of the molecule is O=C1CCSC[C@@H]1[C@H](O)c1cccc2ccccc12. The fourth-order valence-corrected chi connectivity index (χ4v) is 3.79. The lowest BCUT2D eigenvalue weighted by Gasteiger charge is -2.26. The first-order valence-electron chi connectivity index (χ1n) is 6.53. The summed E-state index contributed by atoms with van der Waals surface area (Å²) in [5.41, 5.74) is 0.874. The summed E-state index contributed by atoms with van der Waals surface area (Å²) in [6.45, 7) is 0. The number of carbonyl (C=O) groups excluding carboxylic acids is 1. The molecule has 19 heavy (non-hydrogen) atoms. The number of benzene rings is 2. The molecule has 1 saturated heterocycles. The summed E-state index contributed by atoms with van der Waals surface area (Å²) in [5, 5.41) is 12.7. The molecule has 0 spiro atoms. The van der Waals surface area contributed by atoms with Gasteiger partial charge in [-0.2, -0.15) is 11.8 Å². The summed E-state index contributed by atoms with van der Waals surface area (Å²) in [4.78, 5) is 12.0. The molecule has 2 aromatic carbocycles. The number of fused-ring (bicyclic) bond motifs is 1. The zero-order valence-corrected chi connectivity index (χ0v) is 11.4. The highest BCUT2D eigenvalue weighted by Crippen LogP contribution is 2.34. The summed E-state index contributed by atoms with van der Waals surface area (Å²) < 4.78 is 0. The molecule has 0 aliphatic carbocycles. The Bertz CT molecular complexity index is 603. The van der Waals surface area contributed by atoms with E-state index in [1.165, 1.54) is 0 Å². The van der Waals surface area contributed by atoms with Gasteiger partial charge < -0.3 is 5.11 Å². The molecule has 2 atom stereocenters. The molecule has 1 heterocycles. The Morgan fingerprint density at radius 1 is 1.16 bits per heavy atom. The van der Waals surface area contributed by atoms with Gasteiger partial charge in [-0.05, 0) is 16.3 Å². The standard InChI is InChI=1S/C16H16O2S/c17-15-8-9-19-10-14(15)16(18)13-7-3-5-11-4-1-2-6-12(11)13/h1-7,14,16,18H,8-10H2/t14-,16+/m0/s1. The molecule has 2 nitrogen and oxygen atoms in total. The van der Waals surface area contributed by atoms with Gasteiger partial charge in [0, 0.05) is 17.9 Å². The van der Waals surface area contributed by atoms with Crippen LogP contribution in [0.15, 0.2) is 42.5 Å². The number of carbonyl (C=O) groups is 1. The molecule has 0 amide bonds. The summed E-state index contributed by atoms with van der Waals surface area (Å²) in [7, 11) is 0. The van der Waals surface area contributed by atoms with Crippen LogP contribution in [0.5, 0.6) is 0 Å². The van der Waals surface area contributed by atoms with Crippen molar-refractivity contribution in [2.75, 3.05) is 11.5 Å². The maximum absolute atomic E-state index is 12.0. The highest BCUT2D eigenvalue weighted by molar-refractivity contribution is 7.99. The summed E-state index contributed by atoms with van der Waals surface area (Å²) in [6, 6.07) is 13.9. The van der Waals surface area contributed by atoms with Gasteiger partial charge in [-0.3, -0.25) is 4.79 Å². The lowest BCUT2D eigenvalue weighted by molar-refractivity contribution is -0.125. The van der Waals surface area contributed by atoms with E-state index in [0.717, 1.165) is 27.8 Å². The molecule has 0 bridgehead atoms. The Morgan fingerprint density at radius 3 is 2.79 bits per heavy atom. The second kappa shape index (κ2) is 5.35. The van der Waals surface area contributed by atoms with Crippen LogP contribution < -0.4 is 0 Å². The molecular weight excluding hydrogens is 256 g/mol. The van der Waals surface area contributed by atoms with Crippen LogP contribution in [0, 0.1) is 5.92 Å². The van der Waals surface area contributed by atoms with Crippen molar-refractivity contribution in [3.05, 3.63) is 48.0 Å². The number of rotatable bonds is 2. The first-order valence-corrected chi connectivity index (χ1v) is 7.69. The van der Waals surface area contributed by atoms with E-state index in [4.69, 9.17) is 0 Å². The van der Waals surface area contributed by atoms with Crippen LogP contribution >= 0.6 is 11.8 Å². The van der Waals surface area contributed by atoms with Gasteiger partial charge in [-0.1, -0.05) is 42.5 Å². The van der Waals surface area contributed by atoms with E-state index in [-0.39, 0.29) is 11.7 Å². The second-order valence-electron chi connectivity index (χ2n) is 4.91. The fourth-order valence-electron chi connectivity index (χ4n) is 2.65. The van der Waals surface area contributed by atoms with E-state index >= 15 is 0 Å². The zero-order valence-electron chi connectivity index (χ0n) is 10.6. The van der Waals surface area contributed by atoms with E-state index in [0.29, 0.717) is 6.42 Å². The molecule has 0 radical (unpaired) electrons. The van der Waals surface area contributed by atoms with Gasteiger partial charge in [0.05, 0.1) is 12.0 Å². The van der Waals surface area contributed by atoms with E-state index < -0.39 is 6.10 Å². The summed E-state index contributed by atoms with van der Waals surface area (Å²) in [6.07, 6.45) is -0.108. The van der Waals surface area contributed by atoms with E-state index in [2.05, 4.69) is 0 Å². The first-order chi connectivity index (χ1) is 9.27. The third kappa shape index (κ3) is 2.40. The molecule has 0 unspecified atom stereocenters. The molecule has 3 heteroatoms. The van der Waals surface area contributed by atoms with Crippen LogP contribution in [0.1, 0.15) is 18.1 Å². The van der Waals surface area contributed by atoms with Gasteiger partial charge in [-0.15, -0.1) is 0 Å². The van der Waals surface area contributed by atoms with Crippen molar-refractivity contribution in [1.82, 2.24) is 0 Å². The molecule has 1 aliphatic rings. The van der Waals surface area contributed by atoms with Crippen LogP contribution in [-0.2, 0) is 4.79 Å². The van der Waals surface area contributed by atoms with Gasteiger partial charge in [-0.25, -0.2) is 0 Å². The van der Waals surface area contributed by atoms with Gasteiger partial charge in [0.2, 0.25) is 0 Å². The highest BCUT2D eigenvalue weighted by Gasteiger charge is 2.31. The summed E-state index contributed by atoms with van der Waals surface area (Å²) >= 11 is 1.75. The average molecular weight is 272 g/mol. The van der Waals surface area contributed by atoms with Crippen LogP contribution in [-0.4, -0.2) is 22.4 Å². The number of hydrogen-bond donors (Lipinski definition) is 1. The van der Waals surface area contributed by atoms with Crippen LogP contribution in [0.3, 0.4) is 0 Å². The molecule has 98 valence electrons. The monoisotopic (exact) mass is 272 g/mol. The largest absolute Gasteiger partial charge is 0.388 e. The predicted octanol–water partition coefficient (Wildman–Crippen LogP) is 3.20. The molecule has 1 fully saturated rings. The number of Topliss-reactive ketones (excluding diaryl/α,β-unsaturated/α-hetero) is 1. The van der Waals surface area contributed by atoms with Crippen molar-refractivity contribution in [3.8, 4) is 0 Å². The van der Waals surface area contributed by atoms with Crippen LogP contribution in [0.25, 0.3) is 10.8 Å². The third-order valence-corrected chi connectivity index (χ3v) is 4.81. The lowest BCUT2D eigenvalue weighted by Crippen LogP contribution is -2.28. The second-order valence-corrected chi connectivity index (χ2v) is 6.06. The van der Waals surface area contributed by atoms with E-state index in [1.54, 1.807) is 11.8 Å². The summed E-state index contributed by atoms with van der Waals surface area (Å²) in [5.74, 6) is 1.55. The third-order valence-electron chi connectivity index (χ3n) is 3.73. The number of ketones is 1. The molecular formula is C16H16O2S. The first kappa shape index (κ1) is 12.7. The van der Waals surface area contributed by atoms with Crippen molar-refractivity contribution in [2.45, 2.75) is 12.5 Å².